The van der Waals surface area contributed by atoms with Gasteiger partial charge in [-0.25, -0.2) is 0 Å². The van der Waals surface area contributed by atoms with Crippen LogP contribution in [0.1, 0.15) is 61.0 Å². The molecule has 2 aromatic heterocycles. The van der Waals surface area contributed by atoms with E-state index in [0.717, 1.165) is 50.0 Å². The Balaban J connectivity index is 1.45. The van der Waals surface area contributed by atoms with Crippen molar-refractivity contribution in [1.29, 1.82) is 0 Å². The van der Waals surface area contributed by atoms with Crippen LogP contribution in [0.2, 0.25) is 0 Å². The van der Waals surface area contributed by atoms with Crippen LogP contribution in [-0.4, -0.2) is 27.6 Å². The second kappa shape index (κ2) is 7.22. The second-order valence-corrected chi connectivity index (χ2v) is 8.01. The first-order valence-corrected chi connectivity index (χ1v) is 9.89. The largest absolute Gasteiger partial charge is 0.355 e. The van der Waals surface area contributed by atoms with Gasteiger partial charge in [0.2, 0.25) is 5.91 Å². The highest BCUT2D eigenvalue weighted by molar-refractivity contribution is 5.79. The number of fused-ring (bicyclic) bond motifs is 1. The Labute approximate surface area is 155 Å². The number of hydrogen-bond donors (Lipinski definition) is 2. The lowest BCUT2D eigenvalue weighted by molar-refractivity contribution is -0.125. The number of pyridine rings is 1. The van der Waals surface area contributed by atoms with E-state index in [1.165, 1.54) is 30.4 Å². The number of hydrogen-bond acceptors (Lipinski definition) is 3. The molecule has 1 atom stereocenters. The predicted octanol–water partition coefficient (Wildman–Crippen LogP) is 3.24. The van der Waals surface area contributed by atoms with Gasteiger partial charge in [-0.2, -0.15) is 5.10 Å². The van der Waals surface area contributed by atoms with Crippen LogP contribution >= 0.6 is 0 Å². The van der Waals surface area contributed by atoms with Gasteiger partial charge in [0.15, 0.2) is 0 Å². The lowest BCUT2D eigenvalue weighted by Crippen LogP contribution is -2.44. The Kier molecular flexibility index (Phi) is 4.79. The monoisotopic (exact) mass is 352 g/mol. The molecule has 4 rings (SSSR count). The highest BCUT2D eigenvalue weighted by Crippen LogP contribution is 2.39. The molecule has 1 amide bonds. The summed E-state index contributed by atoms with van der Waals surface area (Å²) < 4.78 is 0. The van der Waals surface area contributed by atoms with E-state index in [1.807, 2.05) is 19.3 Å². The SMILES string of the molecule is Cc1[nH]nc2c1CC(C(=O)NCC1(c3ccncc3)CCCCC1)CC2. The molecule has 0 bridgehead atoms. The van der Waals surface area contributed by atoms with Gasteiger partial charge in [-0.05, 0) is 62.3 Å². The molecule has 2 aliphatic carbocycles. The van der Waals surface area contributed by atoms with Crippen LogP contribution in [0.4, 0.5) is 0 Å². The van der Waals surface area contributed by atoms with Gasteiger partial charge in [-0.1, -0.05) is 19.3 Å². The summed E-state index contributed by atoms with van der Waals surface area (Å²) in [5.41, 5.74) is 4.90. The molecule has 2 heterocycles. The molecule has 0 saturated heterocycles. The van der Waals surface area contributed by atoms with Crippen molar-refractivity contribution in [3.63, 3.8) is 0 Å². The van der Waals surface area contributed by atoms with Crippen molar-refractivity contribution in [2.45, 2.75) is 63.7 Å². The van der Waals surface area contributed by atoms with Gasteiger partial charge >= 0.3 is 0 Å². The maximum Gasteiger partial charge on any atom is 0.223 e. The molecule has 0 aromatic carbocycles. The van der Waals surface area contributed by atoms with Gasteiger partial charge in [0.25, 0.3) is 0 Å². The van der Waals surface area contributed by atoms with Gasteiger partial charge in [-0.3, -0.25) is 14.9 Å². The number of amides is 1. The molecule has 0 aliphatic heterocycles. The van der Waals surface area contributed by atoms with E-state index < -0.39 is 0 Å². The molecular weight excluding hydrogens is 324 g/mol. The number of carbonyl (C=O) groups is 1. The average Bonchev–Trinajstić information content (AvgIpc) is 3.08. The molecule has 2 N–H and O–H groups in total. The van der Waals surface area contributed by atoms with Crippen LogP contribution in [0.3, 0.4) is 0 Å². The van der Waals surface area contributed by atoms with E-state index in [-0.39, 0.29) is 17.2 Å². The second-order valence-electron chi connectivity index (χ2n) is 8.01. The van der Waals surface area contributed by atoms with Crippen molar-refractivity contribution in [3.8, 4) is 0 Å². The molecule has 1 unspecified atom stereocenters. The van der Waals surface area contributed by atoms with Gasteiger partial charge in [0.1, 0.15) is 0 Å². The Morgan fingerprint density at radius 1 is 1.27 bits per heavy atom. The minimum absolute atomic E-state index is 0.0666. The van der Waals surface area contributed by atoms with E-state index in [4.69, 9.17) is 0 Å². The summed E-state index contributed by atoms with van der Waals surface area (Å²) in [5, 5.41) is 10.7. The van der Waals surface area contributed by atoms with Crippen LogP contribution in [0.25, 0.3) is 0 Å². The summed E-state index contributed by atoms with van der Waals surface area (Å²) in [7, 11) is 0. The Hall–Kier alpha value is -2.17. The first-order chi connectivity index (χ1) is 12.7. The third kappa shape index (κ3) is 3.27. The summed E-state index contributed by atoms with van der Waals surface area (Å²) in [6.45, 7) is 2.79. The highest BCUT2D eigenvalue weighted by Gasteiger charge is 2.35. The fourth-order valence-electron chi connectivity index (χ4n) is 4.77. The van der Waals surface area contributed by atoms with Crippen molar-refractivity contribution in [2.24, 2.45) is 5.92 Å². The number of aryl methyl sites for hydroxylation is 2. The van der Waals surface area contributed by atoms with Crippen molar-refractivity contribution in [1.82, 2.24) is 20.5 Å². The molecule has 2 aliphatic rings. The quantitative estimate of drug-likeness (QED) is 0.887. The molecule has 2 aromatic rings. The number of nitrogens with zero attached hydrogens (tertiary/aromatic N) is 2. The van der Waals surface area contributed by atoms with E-state index in [9.17, 15) is 4.79 Å². The zero-order chi connectivity index (χ0) is 18.0. The molecule has 138 valence electrons. The van der Waals surface area contributed by atoms with Crippen LogP contribution in [0.5, 0.6) is 0 Å². The third-order valence-corrected chi connectivity index (χ3v) is 6.41. The number of carbonyl (C=O) groups excluding carboxylic acids is 1. The normalized spacial score (nSPS) is 21.8. The van der Waals surface area contributed by atoms with E-state index in [1.54, 1.807) is 0 Å². The minimum Gasteiger partial charge on any atom is -0.355 e. The summed E-state index contributed by atoms with van der Waals surface area (Å²) in [6.07, 6.45) is 12.4. The Bertz CT molecular complexity index is 762. The van der Waals surface area contributed by atoms with E-state index in [2.05, 4.69) is 32.6 Å². The van der Waals surface area contributed by atoms with Crippen LogP contribution in [0, 0.1) is 12.8 Å². The average molecular weight is 352 g/mol. The molecule has 1 fully saturated rings. The third-order valence-electron chi connectivity index (χ3n) is 6.41. The maximum atomic E-state index is 12.9. The highest BCUT2D eigenvalue weighted by atomic mass is 16.1. The van der Waals surface area contributed by atoms with Crippen LogP contribution in [-0.2, 0) is 23.1 Å². The Morgan fingerprint density at radius 2 is 2.04 bits per heavy atom. The molecule has 0 spiro atoms. The first-order valence-electron chi connectivity index (χ1n) is 9.89. The van der Waals surface area contributed by atoms with Crippen molar-refractivity contribution >= 4 is 5.91 Å². The van der Waals surface area contributed by atoms with Crippen molar-refractivity contribution in [2.75, 3.05) is 6.54 Å². The lowest BCUT2D eigenvalue weighted by atomic mass is 9.69. The lowest BCUT2D eigenvalue weighted by Gasteiger charge is -2.38. The summed E-state index contributed by atoms with van der Waals surface area (Å²) in [5.74, 6) is 0.270. The number of rotatable bonds is 4. The standard InChI is InChI=1S/C21H28N4O/c1-15-18-13-16(5-6-19(18)25-24-15)20(26)23-14-21(9-3-2-4-10-21)17-7-11-22-12-8-17/h7-8,11-12,16H,2-6,9-10,13-14H2,1H3,(H,23,26)(H,24,25). The zero-order valence-corrected chi connectivity index (χ0v) is 15.6. The summed E-state index contributed by atoms with van der Waals surface area (Å²) in [4.78, 5) is 17.1. The minimum atomic E-state index is 0.0666. The van der Waals surface area contributed by atoms with E-state index >= 15 is 0 Å². The van der Waals surface area contributed by atoms with Crippen molar-refractivity contribution < 1.29 is 4.79 Å². The number of aromatic nitrogens is 3. The molecule has 5 heteroatoms. The van der Waals surface area contributed by atoms with Gasteiger partial charge < -0.3 is 5.32 Å². The molecular formula is C21H28N4O. The molecule has 5 nitrogen and oxygen atoms in total. The van der Waals surface area contributed by atoms with E-state index in [0.29, 0.717) is 0 Å². The Morgan fingerprint density at radius 3 is 2.81 bits per heavy atom. The predicted molar refractivity (Wildman–Crippen MR) is 101 cm³/mol. The zero-order valence-electron chi connectivity index (χ0n) is 15.6. The fraction of sp³-hybridized carbons (Fsp3) is 0.571. The number of nitrogens with one attached hydrogen (secondary N) is 2. The first kappa shape index (κ1) is 17.3. The number of H-pyrrole nitrogens is 1. The summed E-state index contributed by atoms with van der Waals surface area (Å²) in [6, 6.07) is 4.25. The van der Waals surface area contributed by atoms with Crippen molar-refractivity contribution in [3.05, 3.63) is 47.0 Å². The summed E-state index contributed by atoms with van der Waals surface area (Å²) >= 11 is 0. The van der Waals surface area contributed by atoms with Crippen LogP contribution in [0.15, 0.2) is 24.5 Å². The van der Waals surface area contributed by atoms with Gasteiger partial charge in [0.05, 0.1) is 5.69 Å². The van der Waals surface area contributed by atoms with Gasteiger partial charge in [-0.15, -0.1) is 0 Å². The van der Waals surface area contributed by atoms with Gasteiger partial charge in [0, 0.05) is 36.0 Å². The molecule has 26 heavy (non-hydrogen) atoms. The molecule has 1 saturated carbocycles. The molecule has 0 radical (unpaired) electrons. The van der Waals surface area contributed by atoms with Crippen LogP contribution < -0.4 is 5.32 Å². The topological polar surface area (TPSA) is 70.7 Å². The smallest absolute Gasteiger partial charge is 0.223 e. The fourth-order valence-corrected chi connectivity index (χ4v) is 4.77. The number of aromatic amines is 1. The maximum absolute atomic E-state index is 12.9.